The summed E-state index contributed by atoms with van der Waals surface area (Å²) >= 11 is 1.02. The van der Waals surface area contributed by atoms with Gasteiger partial charge in [-0.1, -0.05) is 23.9 Å². The molecule has 3 rings (SSSR count). The van der Waals surface area contributed by atoms with Crippen molar-refractivity contribution in [1.29, 1.82) is 5.41 Å². The summed E-state index contributed by atoms with van der Waals surface area (Å²) in [7, 11) is -3.26. The van der Waals surface area contributed by atoms with Crippen LogP contribution in [0.5, 0.6) is 0 Å². The lowest BCUT2D eigenvalue weighted by atomic mass is 10.1. The van der Waals surface area contributed by atoms with Crippen molar-refractivity contribution < 1.29 is 21.6 Å². The fourth-order valence-electron chi connectivity index (χ4n) is 2.71. The Hall–Kier alpha value is -1.22. The molecule has 4 nitrogen and oxygen atoms in total. The number of sulfone groups is 1. The average molecular weight is 336 g/mol. The van der Waals surface area contributed by atoms with Gasteiger partial charge in [0.05, 0.1) is 28.8 Å². The maximum absolute atomic E-state index is 13.1. The van der Waals surface area contributed by atoms with Crippen molar-refractivity contribution in [2.75, 3.05) is 16.4 Å². The van der Waals surface area contributed by atoms with Gasteiger partial charge in [-0.25, -0.2) is 8.42 Å². The van der Waals surface area contributed by atoms with Crippen LogP contribution in [0.1, 0.15) is 5.56 Å². The highest BCUT2D eigenvalue weighted by atomic mass is 32.2. The third kappa shape index (κ3) is 2.52. The molecule has 0 aromatic heterocycles. The van der Waals surface area contributed by atoms with E-state index in [1.165, 1.54) is 23.1 Å². The number of anilines is 1. The first-order valence-corrected chi connectivity index (χ1v) is 8.80. The minimum Gasteiger partial charge on any atom is -0.316 e. The second-order valence-electron chi connectivity index (χ2n) is 4.99. The fraction of sp³-hybridized carbons (Fsp3) is 0.417. The van der Waals surface area contributed by atoms with Gasteiger partial charge in [-0.05, 0) is 12.1 Å². The number of hydrogen-bond donors (Lipinski definition) is 1. The van der Waals surface area contributed by atoms with Crippen LogP contribution in [0.25, 0.3) is 0 Å². The second-order valence-corrected chi connectivity index (χ2v) is 8.37. The Morgan fingerprint density at radius 1 is 1.24 bits per heavy atom. The molecule has 2 fully saturated rings. The summed E-state index contributed by atoms with van der Waals surface area (Å²) in [6.07, 6.45) is -4.54. The molecular weight excluding hydrogens is 325 g/mol. The van der Waals surface area contributed by atoms with E-state index in [9.17, 15) is 21.6 Å². The van der Waals surface area contributed by atoms with E-state index >= 15 is 0 Å². The highest BCUT2D eigenvalue weighted by Crippen LogP contribution is 2.44. The Bertz CT molecular complexity index is 703. The third-order valence-electron chi connectivity index (χ3n) is 3.55. The molecule has 1 aromatic carbocycles. The first-order valence-electron chi connectivity index (χ1n) is 6.10. The number of alkyl halides is 3. The molecule has 2 atom stereocenters. The zero-order valence-electron chi connectivity index (χ0n) is 10.6. The summed E-state index contributed by atoms with van der Waals surface area (Å²) in [6, 6.07) is 4.37. The lowest BCUT2D eigenvalue weighted by molar-refractivity contribution is -0.137. The van der Waals surface area contributed by atoms with Gasteiger partial charge in [0.1, 0.15) is 0 Å². The van der Waals surface area contributed by atoms with Crippen LogP contribution in [0.15, 0.2) is 24.3 Å². The molecule has 0 amide bonds. The molecule has 0 aliphatic carbocycles. The number of fused-ring (bicyclic) bond motifs is 1. The molecule has 114 valence electrons. The molecule has 0 radical (unpaired) electrons. The van der Waals surface area contributed by atoms with Crippen LogP contribution in [0.4, 0.5) is 18.9 Å². The van der Waals surface area contributed by atoms with E-state index < -0.39 is 27.6 Å². The van der Waals surface area contributed by atoms with Crippen LogP contribution < -0.4 is 4.90 Å². The average Bonchev–Trinajstić information content (AvgIpc) is 2.78. The Morgan fingerprint density at radius 3 is 2.57 bits per heavy atom. The highest BCUT2D eigenvalue weighted by molar-refractivity contribution is 8.15. The molecule has 0 saturated carbocycles. The molecule has 1 N–H and O–H groups in total. The molecule has 2 heterocycles. The smallest absolute Gasteiger partial charge is 0.316 e. The maximum atomic E-state index is 13.1. The number of para-hydroxylation sites is 1. The molecule has 9 heteroatoms. The van der Waals surface area contributed by atoms with Crippen molar-refractivity contribution in [2.45, 2.75) is 17.5 Å². The number of thioether (sulfide) groups is 1. The fourth-order valence-corrected chi connectivity index (χ4v) is 6.50. The van der Waals surface area contributed by atoms with Gasteiger partial charge in [0.15, 0.2) is 15.0 Å². The number of amidine groups is 1. The predicted molar refractivity (Wildman–Crippen MR) is 75.5 cm³/mol. The van der Waals surface area contributed by atoms with Crippen LogP contribution in [0.2, 0.25) is 0 Å². The Balaban J connectivity index is 2.07. The number of nitrogens with zero attached hydrogens (tertiary/aromatic N) is 1. The van der Waals surface area contributed by atoms with Gasteiger partial charge in [0.25, 0.3) is 0 Å². The number of halogens is 3. The molecule has 1 aromatic rings. The van der Waals surface area contributed by atoms with E-state index in [4.69, 9.17) is 5.41 Å². The molecule has 2 unspecified atom stereocenters. The first-order chi connectivity index (χ1) is 9.69. The summed E-state index contributed by atoms with van der Waals surface area (Å²) in [5.74, 6) is -0.297. The Labute approximate surface area is 123 Å². The molecule has 0 spiro atoms. The normalized spacial score (nSPS) is 28.0. The van der Waals surface area contributed by atoms with Crippen LogP contribution in [0, 0.1) is 5.41 Å². The number of hydrogen-bond acceptors (Lipinski definition) is 4. The van der Waals surface area contributed by atoms with Crippen molar-refractivity contribution in [3.05, 3.63) is 29.8 Å². The van der Waals surface area contributed by atoms with Crippen molar-refractivity contribution >= 4 is 32.5 Å². The minimum absolute atomic E-state index is 0.0309. The van der Waals surface area contributed by atoms with E-state index in [1.54, 1.807) is 0 Å². The second kappa shape index (κ2) is 4.64. The molecule has 2 aliphatic heterocycles. The molecule has 21 heavy (non-hydrogen) atoms. The standard InChI is InChI=1S/C12H11F3N2O2S2/c13-12(14,15)7-3-1-2-4-8(7)17-9-5-21(18,19)6-10(9)20-11(17)16/h1-4,9-10,16H,5-6H2. The summed E-state index contributed by atoms with van der Waals surface area (Å²) in [4.78, 5) is 1.21. The lowest BCUT2D eigenvalue weighted by Gasteiger charge is -2.26. The quantitative estimate of drug-likeness (QED) is 0.855. The molecular formula is C12H11F3N2O2S2. The molecule has 0 bridgehead atoms. The van der Waals surface area contributed by atoms with Gasteiger partial charge < -0.3 is 4.90 Å². The zero-order chi connectivity index (χ0) is 15.4. The van der Waals surface area contributed by atoms with Crippen molar-refractivity contribution in [1.82, 2.24) is 0 Å². The van der Waals surface area contributed by atoms with Gasteiger partial charge in [-0.2, -0.15) is 13.2 Å². The van der Waals surface area contributed by atoms with E-state index in [-0.39, 0.29) is 27.6 Å². The van der Waals surface area contributed by atoms with Crippen LogP contribution >= 0.6 is 11.8 Å². The molecule has 2 aliphatic rings. The van der Waals surface area contributed by atoms with E-state index in [0.29, 0.717) is 0 Å². The summed E-state index contributed by atoms with van der Waals surface area (Å²) in [6.45, 7) is 0. The van der Waals surface area contributed by atoms with Crippen LogP contribution in [0.3, 0.4) is 0 Å². The first kappa shape index (κ1) is 14.7. The van der Waals surface area contributed by atoms with Gasteiger partial charge in [0.2, 0.25) is 0 Å². The Kier molecular flexibility index (Phi) is 3.25. The predicted octanol–water partition coefficient (Wildman–Crippen LogP) is 2.36. The minimum atomic E-state index is -4.54. The summed E-state index contributed by atoms with van der Waals surface area (Å²) in [5.41, 5.74) is -0.993. The summed E-state index contributed by atoms with van der Waals surface area (Å²) < 4.78 is 62.7. The van der Waals surface area contributed by atoms with E-state index in [2.05, 4.69) is 0 Å². The van der Waals surface area contributed by atoms with Crippen molar-refractivity contribution in [3.8, 4) is 0 Å². The number of rotatable bonds is 1. The maximum Gasteiger partial charge on any atom is 0.418 e. The lowest BCUT2D eigenvalue weighted by Crippen LogP contribution is -2.38. The van der Waals surface area contributed by atoms with E-state index in [0.717, 1.165) is 17.8 Å². The van der Waals surface area contributed by atoms with Gasteiger partial charge in [-0.3, -0.25) is 5.41 Å². The monoisotopic (exact) mass is 336 g/mol. The van der Waals surface area contributed by atoms with Crippen molar-refractivity contribution in [3.63, 3.8) is 0 Å². The van der Waals surface area contributed by atoms with Gasteiger partial charge >= 0.3 is 6.18 Å². The third-order valence-corrected chi connectivity index (χ3v) is 6.69. The van der Waals surface area contributed by atoms with Crippen molar-refractivity contribution in [2.24, 2.45) is 0 Å². The highest BCUT2D eigenvalue weighted by Gasteiger charge is 2.50. The number of nitrogens with one attached hydrogen (secondary N) is 1. The summed E-state index contributed by atoms with van der Waals surface area (Å²) in [5, 5.41) is 7.50. The molecule has 2 saturated heterocycles. The topological polar surface area (TPSA) is 61.2 Å². The van der Waals surface area contributed by atoms with Gasteiger partial charge in [-0.15, -0.1) is 0 Å². The number of benzene rings is 1. The van der Waals surface area contributed by atoms with E-state index in [1.807, 2.05) is 0 Å². The zero-order valence-corrected chi connectivity index (χ0v) is 12.2. The van der Waals surface area contributed by atoms with Crippen LogP contribution in [-0.4, -0.2) is 36.4 Å². The SMILES string of the molecule is N=C1SC2CS(=O)(=O)CC2N1c1ccccc1C(F)(F)F. The van der Waals surface area contributed by atoms with Gasteiger partial charge in [0, 0.05) is 5.25 Å². The van der Waals surface area contributed by atoms with Crippen LogP contribution in [-0.2, 0) is 16.0 Å². The largest absolute Gasteiger partial charge is 0.418 e. The Morgan fingerprint density at radius 2 is 1.90 bits per heavy atom.